The normalized spacial score (nSPS) is 20.3. The number of nitrogens with zero attached hydrogens (tertiary/aromatic N) is 1. The van der Waals surface area contributed by atoms with Gasteiger partial charge in [-0.05, 0) is 59.8 Å². The van der Waals surface area contributed by atoms with Crippen molar-refractivity contribution in [2.24, 2.45) is 0 Å². The van der Waals surface area contributed by atoms with Crippen LogP contribution in [0.3, 0.4) is 0 Å². The zero-order valence-corrected chi connectivity index (χ0v) is 14.2. The number of likely N-dealkylation sites (N-methyl/N-ethyl adjacent to an activating group) is 1. The van der Waals surface area contributed by atoms with E-state index in [4.69, 9.17) is 4.74 Å². The van der Waals surface area contributed by atoms with E-state index >= 15 is 0 Å². The lowest BCUT2D eigenvalue weighted by atomic mass is 10.1. The van der Waals surface area contributed by atoms with E-state index in [0.717, 1.165) is 31.4 Å². The first-order chi connectivity index (χ1) is 9.41. The van der Waals surface area contributed by atoms with Crippen LogP contribution in [0.15, 0.2) is 27.6 Å². The number of rotatable bonds is 4. The monoisotopic (exact) mass is 361 g/mol. The molecular weight excluding hydrogens is 342 g/mol. The highest BCUT2D eigenvalue weighted by Gasteiger charge is 2.26. The van der Waals surface area contributed by atoms with Gasteiger partial charge in [0.1, 0.15) is 0 Å². The first kappa shape index (κ1) is 15.9. The smallest absolute Gasteiger partial charge is 0.244 e. The average Bonchev–Trinajstić information content (AvgIpc) is 2.39. The molecule has 0 spiro atoms. The molecule has 112 valence electrons. The van der Waals surface area contributed by atoms with E-state index in [1.807, 2.05) is 19.1 Å². The molecule has 1 heterocycles. The minimum Gasteiger partial charge on any atom is -0.377 e. The number of halogens is 1. The summed E-state index contributed by atoms with van der Waals surface area (Å²) < 4.78 is 32.8. The summed E-state index contributed by atoms with van der Waals surface area (Å²) in [5.41, 5.74) is 1.02. The van der Waals surface area contributed by atoms with Gasteiger partial charge in [-0.1, -0.05) is 6.07 Å². The third kappa shape index (κ3) is 3.61. The predicted molar refractivity (Wildman–Crippen MR) is 82.3 cm³/mol. The lowest BCUT2D eigenvalue weighted by Gasteiger charge is -2.27. The highest BCUT2D eigenvalue weighted by Crippen LogP contribution is 2.26. The maximum atomic E-state index is 12.6. The summed E-state index contributed by atoms with van der Waals surface area (Å²) >= 11 is 3.34. The molecule has 1 saturated heterocycles. The third-order valence-electron chi connectivity index (χ3n) is 3.51. The summed E-state index contributed by atoms with van der Waals surface area (Å²) in [6, 6.07) is 5.27. The van der Waals surface area contributed by atoms with Gasteiger partial charge in [0.15, 0.2) is 0 Å². The van der Waals surface area contributed by atoms with E-state index in [9.17, 15) is 8.42 Å². The fraction of sp³-hybridized carbons (Fsp3) is 0.571. The molecule has 0 N–H and O–H groups in total. The second-order valence-corrected chi connectivity index (χ2v) is 8.08. The zero-order chi connectivity index (χ0) is 14.8. The van der Waals surface area contributed by atoms with Crippen LogP contribution in [-0.2, 0) is 14.8 Å². The third-order valence-corrected chi connectivity index (χ3v) is 6.31. The SMILES string of the molecule is Cc1ccc(S(=O)(=O)N(C)CC2CCCCO2)c(Br)c1. The van der Waals surface area contributed by atoms with Gasteiger partial charge < -0.3 is 4.74 Å². The molecule has 0 aliphatic carbocycles. The van der Waals surface area contributed by atoms with Crippen molar-refractivity contribution in [2.75, 3.05) is 20.2 Å². The Balaban J connectivity index is 2.16. The minimum absolute atomic E-state index is 0.00717. The lowest BCUT2D eigenvalue weighted by molar-refractivity contribution is 0.00858. The van der Waals surface area contributed by atoms with Crippen molar-refractivity contribution < 1.29 is 13.2 Å². The van der Waals surface area contributed by atoms with Crippen LogP contribution < -0.4 is 0 Å². The molecule has 0 radical (unpaired) electrons. The number of ether oxygens (including phenoxy) is 1. The molecular formula is C14H20BrNO3S. The average molecular weight is 362 g/mol. The maximum Gasteiger partial charge on any atom is 0.244 e. The first-order valence-corrected chi connectivity index (χ1v) is 8.98. The Kier molecular flexibility index (Phi) is 5.23. The molecule has 1 unspecified atom stereocenters. The van der Waals surface area contributed by atoms with Crippen LogP contribution in [-0.4, -0.2) is 39.0 Å². The number of aryl methyl sites for hydroxylation is 1. The summed E-state index contributed by atoms with van der Waals surface area (Å²) in [4.78, 5) is 0.307. The van der Waals surface area contributed by atoms with Crippen molar-refractivity contribution >= 4 is 26.0 Å². The summed E-state index contributed by atoms with van der Waals surface area (Å²) in [6.45, 7) is 3.07. The van der Waals surface area contributed by atoms with E-state index in [1.165, 1.54) is 4.31 Å². The van der Waals surface area contributed by atoms with Crippen molar-refractivity contribution in [3.05, 3.63) is 28.2 Å². The second-order valence-electron chi connectivity index (χ2n) is 5.21. The van der Waals surface area contributed by atoms with Crippen LogP contribution in [0.5, 0.6) is 0 Å². The molecule has 1 fully saturated rings. The molecule has 6 heteroatoms. The topological polar surface area (TPSA) is 46.6 Å². The largest absolute Gasteiger partial charge is 0.377 e. The van der Waals surface area contributed by atoms with Crippen molar-refractivity contribution in [3.8, 4) is 0 Å². The van der Waals surface area contributed by atoms with Gasteiger partial charge in [0.25, 0.3) is 0 Å². The van der Waals surface area contributed by atoms with Crippen LogP contribution in [0.2, 0.25) is 0 Å². The second kappa shape index (κ2) is 6.56. The molecule has 20 heavy (non-hydrogen) atoms. The zero-order valence-electron chi connectivity index (χ0n) is 11.8. The maximum absolute atomic E-state index is 12.6. The molecule has 0 bridgehead atoms. The summed E-state index contributed by atoms with van der Waals surface area (Å²) in [6.07, 6.45) is 3.10. The quantitative estimate of drug-likeness (QED) is 0.827. The fourth-order valence-electron chi connectivity index (χ4n) is 2.32. The fourth-order valence-corrected chi connectivity index (χ4v) is 4.67. The van der Waals surface area contributed by atoms with E-state index in [1.54, 1.807) is 13.1 Å². The standard InChI is InChI=1S/C14H20BrNO3S/c1-11-6-7-14(13(15)9-11)20(17,18)16(2)10-12-5-3-4-8-19-12/h6-7,9,12H,3-5,8,10H2,1-2H3. The molecule has 1 aliphatic rings. The number of hydrogen-bond donors (Lipinski definition) is 0. The van der Waals surface area contributed by atoms with E-state index in [2.05, 4.69) is 15.9 Å². The summed E-state index contributed by atoms with van der Waals surface area (Å²) in [5, 5.41) is 0. The highest BCUT2D eigenvalue weighted by molar-refractivity contribution is 9.10. The van der Waals surface area contributed by atoms with Crippen LogP contribution in [0.1, 0.15) is 24.8 Å². The van der Waals surface area contributed by atoms with Gasteiger partial charge in [0.2, 0.25) is 10.0 Å². The summed E-state index contributed by atoms with van der Waals surface area (Å²) in [7, 11) is -1.87. The van der Waals surface area contributed by atoms with E-state index in [-0.39, 0.29) is 6.10 Å². The Labute approximate surface area is 129 Å². The van der Waals surface area contributed by atoms with E-state index in [0.29, 0.717) is 15.9 Å². The molecule has 0 saturated carbocycles. The molecule has 1 aromatic carbocycles. The summed E-state index contributed by atoms with van der Waals surface area (Å²) in [5.74, 6) is 0. The Bertz CT molecular complexity index is 568. The van der Waals surface area contributed by atoms with Crippen LogP contribution >= 0.6 is 15.9 Å². The van der Waals surface area contributed by atoms with Gasteiger partial charge in [-0.2, -0.15) is 4.31 Å². The molecule has 1 aliphatic heterocycles. The number of benzene rings is 1. The van der Waals surface area contributed by atoms with Crippen LogP contribution in [0, 0.1) is 6.92 Å². The Morgan fingerprint density at radius 2 is 2.15 bits per heavy atom. The van der Waals surface area contributed by atoms with Gasteiger partial charge in [-0.25, -0.2) is 8.42 Å². The molecule has 0 aromatic heterocycles. The molecule has 4 nitrogen and oxygen atoms in total. The van der Waals surface area contributed by atoms with Crippen molar-refractivity contribution in [1.82, 2.24) is 4.31 Å². The van der Waals surface area contributed by atoms with Crippen LogP contribution in [0.4, 0.5) is 0 Å². The van der Waals surface area contributed by atoms with Gasteiger partial charge in [0.05, 0.1) is 11.0 Å². The van der Waals surface area contributed by atoms with Gasteiger partial charge >= 0.3 is 0 Å². The highest BCUT2D eigenvalue weighted by atomic mass is 79.9. The van der Waals surface area contributed by atoms with Crippen molar-refractivity contribution in [2.45, 2.75) is 37.2 Å². The number of hydrogen-bond acceptors (Lipinski definition) is 3. The van der Waals surface area contributed by atoms with Gasteiger partial charge in [0, 0.05) is 24.7 Å². The van der Waals surface area contributed by atoms with Crippen molar-refractivity contribution in [3.63, 3.8) is 0 Å². The van der Waals surface area contributed by atoms with E-state index < -0.39 is 10.0 Å². The van der Waals surface area contributed by atoms with Gasteiger partial charge in [-0.15, -0.1) is 0 Å². The van der Waals surface area contributed by atoms with Gasteiger partial charge in [-0.3, -0.25) is 0 Å². The molecule has 2 rings (SSSR count). The first-order valence-electron chi connectivity index (χ1n) is 6.75. The molecule has 0 amide bonds. The molecule has 1 aromatic rings. The lowest BCUT2D eigenvalue weighted by Crippen LogP contribution is -2.37. The Morgan fingerprint density at radius 1 is 1.40 bits per heavy atom. The minimum atomic E-state index is -3.48. The Morgan fingerprint density at radius 3 is 2.75 bits per heavy atom. The van der Waals surface area contributed by atoms with Crippen LogP contribution in [0.25, 0.3) is 0 Å². The molecule has 1 atom stereocenters. The number of sulfonamides is 1. The van der Waals surface area contributed by atoms with Crippen molar-refractivity contribution in [1.29, 1.82) is 0 Å². The predicted octanol–water partition coefficient (Wildman–Crippen LogP) is 2.95. The Hall–Kier alpha value is -0.430.